The molecule has 5 aromatic rings. The summed E-state index contributed by atoms with van der Waals surface area (Å²) in [6.07, 6.45) is 0. The van der Waals surface area contributed by atoms with Crippen molar-refractivity contribution in [3.63, 3.8) is 0 Å². The van der Waals surface area contributed by atoms with E-state index in [0.717, 1.165) is 28.2 Å². The third-order valence-electron chi connectivity index (χ3n) is 6.00. The molecule has 4 N–H and O–H groups in total. The average Bonchev–Trinajstić information content (AvgIpc) is 3.47. The standard InChI is InChI=1S/C29H24N4O4S3/c1-17-13-15-21(16-14-17)40(36,37)33-29-31-18(2)26(39-29)25(35)22-23(30)27(24(34)19-9-5-3-6-10-19)38-28(22)32-20-11-7-4-8-12-20/h3-16,32H,30H2,1-2H3,(H,31,33). The molecule has 11 heteroatoms. The van der Waals surface area contributed by atoms with Crippen molar-refractivity contribution in [3.05, 3.63) is 117 Å². The number of sulfonamides is 1. The zero-order valence-electron chi connectivity index (χ0n) is 21.5. The highest BCUT2D eigenvalue weighted by molar-refractivity contribution is 7.93. The van der Waals surface area contributed by atoms with E-state index in [9.17, 15) is 18.0 Å². The summed E-state index contributed by atoms with van der Waals surface area (Å²) in [6.45, 7) is 3.48. The number of benzene rings is 3. The van der Waals surface area contributed by atoms with Gasteiger partial charge in [-0.3, -0.25) is 14.3 Å². The summed E-state index contributed by atoms with van der Waals surface area (Å²) in [7, 11) is -3.91. The molecule has 0 atom stereocenters. The number of carbonyl (C=O) groups is 2. The highest BCUT2D eigenvalue weighted by atomic mass is 32.2. The van der Waals surface area contributed by atoms with Crippen molar-refractivity contribution < 1.29 is 18.0 Å². The molecule has 0 saturated heterocycles. The average molecular weight is 589 g/mol. The Bertz CT molecular complexity index is 1810. The molecule has 40 heavy (non-hydrogen) atoms. The minimum atomic E-state index is -3.91. The van der Waals surface area contributed by atoms with Gasteiger partial charge < -0.3 is 11.1 Å². The van der Waals surface area contributed by atoms with Gasteiger partial charge in [-0.05, 0) is 38.1 Å². The van der Waals surface area contributed by atoms with E-state index < -0.39 is 15.8 Å². The number of nitrogens with two attached hydrogens (primary N) is 1. The Kier molecular flexibility index (Phi) is 7.53. The van der Waals surface area contributed by atoms with Crippen LogP contribution >= 0.6 is 22.7 Å². The van der Waals surface area contributed by atoms with E-state index in [1.165, 1.54) is 12.1 Å². The molecule has 0 fully saturated rings. The fraction of sp³-hybridized carbons (Fsp3) is 0.0690. The first-order chi connectivity index (χ1) is 19.1. The van der Waals surface area contributed by atoms with E-state index in [2.05, 4.69) is 15.0 Å². The third-order valence-corrected chi connectivity index (χ3v) is 9.68. The maximum Gasteiger partial charge on any atom is 0.263 e. The number of aromatic nitrogens is 1. The molecule has 0 radical (unpaired) electrons. The van der Waals surface area contributed by atoms with Crippen LogP contribution in [0, 0.1) is 13.8 Å². The number of rotatable bonds is 9. The quantitative estimate of drug-likeness (QED) is 0.170. The first kappa shape index (κ1) is 27.3. The molecule has 0 bridgehead atoms. The number of ketones is 2. The molecule has 202 valence electrons. The lowest BCUT2D eigenvalue weighted by Gasteiger charge is -2.07. The number of nitrogens with zero attached hydrogens (tertiary/aromatic N) is 1. The summed E-state index contributed by atoms with van der Waals surface area (Å²) in [5.41, 5.74) is 9.09. The second kappa shape index (κ2) is 11.0. The number of aryl methyl sites for hydroxylation is 2. The van der Waals surface area contributed by atoms with E-state index in [1.807, 2.05) is 43.3 Å². The number of anilines is 4. The maximum absolute atomic E-state index is 13.9. The topological polar surface area (TPSA) is 131 Å². The Morgan fingerprint density at radius 1 is 0.800 bits per heavy atom. The molecule has 0 aliphatic rings. The van der Waals surface area contributed by atoms with E-state index in [4.69, 9.17) is 5.73 Å². The normalized spacial score (nSPS) is 11.2. The smallest absolute Gasteiger partial charge is 0.263 e. The maximum atomic E-state index is 13.9. The summed E-state index contributed by atoms with van der Waals surface area (Å²) < 4.78 is 28.3. The SMILES string of the molecule is Cc1ccc(S(=O)(=O)Nc2nc(C)c(C(=O)c3c(Nc4ccccc4)sc(C(=O)c4ccccc4)c3N)s2)cc1. The fourth-order valence-electron chi connectivity index (χ4n) is 3.95. The first-order valence-corrected chi connectivity index (χ1v) is 15.2. The van der Waals surface area contributed by atoms with Crippen LogP contribution in [0.5, 0.6) is 0 Å². The number of hydrogen-bond donors (Lipinski definition) is 3. The fourth-order valence-corrected chi connectivity index (χ4v) is 7.20. The van der Waals surface area contributed by atoms with Crippen LogP contribution in [-0.2, 0) is 10.0 Å². The molecule has 0 aliphatic carbocycles. The van der Waals surface area contributed by atoms with Crippen molar-refractivity contribution in [2.24, 2.45) is 0 Å². The van der Waals surface area contributed by atoms with Crippen LogP contribution in [0.2, 0.25) is 0 Å². The number of carbonyl (C=O) groups excluding carboxylic acids is 2. The number of thiophene rings is 1. The minimum Gasteiger partial charge on any atom is -0.397 e. The first-order valence-electron chi connectivity index (χ1n) is 12.1. The molecule has 2 heterocycles. The molecule has 3 aromatic carbocycles. The Morgan fingerprint density at radius 3 is 2.08 bits per heavy atom. The van der Waals surface area contributed by atoms with Gasteiger partial charge in [-0.15, -0.1) is 11.3 Å². The van der Waals surface area contributed by atoms with E-state index in [0.29, 0.717) is 21.9 Å². The van der Waals surface area contributed by atoms with Gasteiger partial charge in [-0.2, -0.15) is 0 Å². The minimum absolute atomic E-state index is 0.0494. The Balaban J connectivity index is 1.53. The lowest BCUT2D eigenvalue weighted by Crippen LogP contribution is -2.12. The molecule has 2 aromatic heterocycles. The van der Waals surface area contributed by atoms with Crippen LogP contribution < -0.4 is 15.8 Å². The van der Waals surface area contributed by atoms with Gasteiger partial charge in [-0.25, -0.2) is 13.4 Å². The predicted molar refractivity (Wildman–Crippen MR) is 161 cm³/mol. The summed E-state index contributed by atoms with van der Waals surface area (Å²) in [5.74, 6) is -0.763. The van der Waals surface area contributed by atoms with Crippen LogP contribution in [0.3, 0.4) is 0 Å². The van der Waals surface area contributed by atoms with Crippen molar-refractivity contribution in [1.82, 2.24) is 4.98 Å². The van der Waals surface area contributed by atoms with Crippen LogP contribution in [0.25, 0.3) is 0 Å². The Labute approximate surface area is 239 Å². The molecular formula is C29H24N4O4S3. The van der Waals surface area contributed by atoms with Crippen molar-refractivity contribution in [3.8, 4) is 0 Å². The molecule has 0 spiro atoms. The lowest BCUT2D eigenvalue weighted by atomic mass is 10.0. The van der Waals surface area contributed by atoms with Crippen molar-refractivity contribution >= 4 is 65.8 Å². The van der Waals surface area contributed by atoms with Gasteiger partial charge in [0.1, 0.15) is 14.8 Å². The second-order valence-electron chi connectivity index (χ2n) is 8.92. The van der Waals surface area contributed by atoms with Gasteiger partial charge in [0.15, 0.2) is 5.13 Å². The Hall–Kier alpha value is -4.32. The molecule has 0 amide bonds. The van der Waals surface area contributed by atoms with Crippen LogP contribution in [0.4, 0.5) is 21.5 Å². The van der Waals surface area contributed by atoms with E-state index >= 15 is 0 Å². The highest BCUT2D eigenvalue weighted by Crippen LogP contribution is 2.41. The molecule has 0 saturated carbocycles. The largest absolute Gasteiger partial charge is 0.397 e. The molecule has 0 aliphatic heterocycles. The van der Waals surface area contributed by atoms with E-state index in [1.54, 1.807) is 43.3 Å². The molecular weight excluding hydrogens is 565 g/mol. The van der Waals surface area contributed by atoms with Crippen LogP contribution in [0.15, 0.2) is 89.8 Å². The highest BCUT2D eigenvalue weighted by Gasteiger charge is 2.30. The Morgan fingerprint density at radius 2 is 1.43 bits per heavy atom. The molecule has 8 nitrogen and oxygen atoms in total. The van der Waals surface area contributed by atoms with Gasteiger partial charge >= 0.3 is 0 Å². The third kappa shape index (κ3) is 5.53. The molecule has 5 rings (SSSR count). The lowest BCUT2D eigenvalue weighted by molar-refractivity contribution is 0.104. The number of hydrogen-bond acceptors (Lipinski definition) is 9. The zero-order chi connectivity index (χ0) is 28.4. The number of nitrogen functional groups attached to an aromatic ring is 1. The zero-order valence-corrected chi connectivity index (χ0v) is 23.9. The summed E-state index contributed by atoms with van der Waals surface area (Å²) in [4.78, 5) is 32.1. The molecule has 0 unspecified atom stereocenters. The monoisotopic (exact) mass is 588 g/mol. The number of nitrogens with one attached hydrogen (secondary N) is 2. The second-order valence-corrected chi connectivity index (χ2v) is 12.6. The van der Waals surface area contributed by atoms with Crippen molar-refractivity contribution in [2.75, 3.05) is 15.8 Å². The van der Waals surface area contributed by atoms with Gasteiger partial charge in [0, 0.05) is 11.3 Å². The van der Waals surface area contributed by atoms with Gasteiger partial charge in [-0.1, -0.05) is 77.6 Å². The number of thiazole rings is 1. The van der Waals surface area contributed by atoms with Crippen LogP contribution in [-0.4, -0.2) is 25.0 Å². The summed E-state index contributed by atoms with van der Waals surface area (Å²) >= 11 is 2.00. The van der Waals surface area contributed by atoms with Crippen molar-refractivity contribution in [1.29, 1.82) is 0 Å². The van der Waals surface area contributed by atoms with Crippen LogP contribution in [0.1, 0.15) is 41.7 Å². The summed E-state index contributed by atoms with van der Waals surface area (Å²) in [6, 6.07) is 24.3. The summed E-state index contributed by atoms with van der Waals surface area (Å²) in [5, 5.41) is 3.67. The predicted octanol–water partition coefficient (Wildman–Crippen LogP) is 6.41. The number of para-hydroxylation sites is 1. The van der Waals surface area contributed by atoms with Gasteiger partial charge in [0.05, 0.1) is 21.8 Å². The van der Waals surface area contributed by atoms with Gasteiger partial charge in [0.2, 0.25) is 11.6 Å². The van der Waals surface area contributed by atoms with E-state index in [-0.39, 0.29) is 36.8 Å². The van der Waals surface area contributed by atoms with Gasteiger partial charge in [0.25, 0.3) is 10.0 Å². The van der Waals surface area contributed by atoms with Crippen molar-refractivity contribution in [2.45, 2.75) is 18.7 Å².